The van der Waals surface area contributed by atoms with E-state index in [0.717, 1.165) is 13.0 Å². The van der Waals surface area contributed by atoms with Gasteiger partial charge in [-0.2, -0.15) is 0 Å². The van der Waals surface area contributed by atoms with Crippen molar-refractivity contribution in [1.29, 1.82) is 0 Å². The third-order valence-corrected chi connectivity index (χ3v) is 2.29. The molecule has 0 aromatic rings. The van der Waals surface area contributed by atoms with E-state index in [9.17, 15) is 8.78 Å². The van der Waals surface area contributed by atoms with E-state index >= 15 is 0 Å². The standard InChI is InChI=1S/C8H15F2N/c1-6(2)8(9,10)7-4-3-5-11-7/h6-7,11H,3-5H2,1-2H3/t7-/m0/s1. The zero-order valence-electron chi connectivity index (χ0n) is 7.03. The average molecular weight is 163 g/mol. The van der Waals surface area contributed by atoms with E-state index in [1.165, 1.54) is 0 Å². The lowest BCUT2D eigenvalue weighted by atomic mass is 9.97. The van der Waals surface area contributed by atoms with Crippen LogP contribution in [-0.4, -0.2) is 18.5 Å². The summed E-state index contributed by atoms with van der Waals surface area (Å²) in [5, 5.41) is 2.83. The van der Waals surface area contributed by atoms with Crippen LogP contribution in [0.3, 0.4) is 0 Å². The van der Waals surface area contributed by atoms with Gasteiger partial charge >= 0.3 is 0 Å². The number of hydrogen-bond donors (Lipinski definition) is 1. The smallest absolute Gasteiger partial charge is 0.265 e. The van der Waals surface area contributed by atoms with Crippen LogP contribution in [0.5, 0.6) is 0 Å². The Morgan fingerprint density at radius 2 is 2.09 bits per heavy atom. The predicted octanol–water partition coefficient (Wildman–Crippen LogP) is 2.03. The van der Waals surface area contributed by atoms with Crippen molar-refractivity contribution < 1.29 is 8.78 Å². The Hall–Kier alpha value is -0.180. The van der Waals surface area contributed by atoms with E-state index in [-0.39, 0.29) is 0 Å². The summed E-state index contributed by atoms with van der Waals surface area (Å²) in [7, 11) is 0. The van der Waals surface area contributed by atoms with Gasteiger partial charge in [0, 0.05) is 5.92 Å². The lowest BCUT2D eigenvalue weighted by Crippen LogP contribution is -2.44. The van der Waals surface area contributed by atoms with E-state index in [0.29, 0.717) is 6.42 Å². The van der Waals surface area contributed by atoms with Gasteiger partial charge in [0.1, 0.15) is 0 Å². The molecule has 1 atom stereocenters. The maximum absolute atomic E-state index is 13.2. The summed E-state index contributed by atoms with van der Waals surface area (Å²) in [5.41, 5.74) is 0. The summed E-state index contributed by atoms with van der Waals surface area (Å²) in [6.07, 6.45) is 1.50. The van der Waals surface area contributed by atoms with Crippen molar-refractivity contribution in [3.63, 3.8) is 0 Å². The van der Waals surface area contributed by atoms with E-state index in [2.05, 4.69) is 5.32 Å². The monoisotopic (exact) mass is 163 g/mol. The number of halogens is 2. The fourth-order valence-corrected chi connectivity index (χ4v) is 1.42. The molecular weight excluding hydrogens is 148 g/mol. The van der Waals surface area contributed by atoms with Crippen LogP contribution in [-0.2, 0) is 0 Å². The van der Waals surface area contributed by atoms with Crippen LogP contribution in [0.1, 0.15) is 26.7 Å². The normalized spacial score (nSPS) is 26.5. The number of nitrogens with one attached hydrogen (secondary N) is 1. The highest BCUT2D eigenvalue weighted by molar-refractivity contribution is 4.89. The van der Waals surface area contributed by atoms with Gasteiger partial charge in [-0.3, -0.25) is 0 Å². The molecule has 11 heavy (non-hydrogen) atoms. The average Bonchev–Trinajstić information content (AvgIpc) is 2.37. The highest BCUT2D eigenvalue weighted by atomic mass is 19.3. The van der Waals surface area contributed by atoms with Gasteiger partial charge in [-0.1, -0.05) is 13.8 Å². The molecule has 1 saturated heterocycles. The Bertz CT molecular complexity index is 128. The Labute approximate surface area is 66.2 Å². The lowest BCUT2D eigenvalue weighted by Gasteiger charge is -2.26. The van der Waals surface area contributed by atoms with Crippen molar-refractivity contribution in [2.24, 2.45) is 5.92 Å². The van der Waals surface area contributed by atoms with Gasteiger partial charge < -0.3 is 5.32 Å². The molecule has 0 spiro atoms. The molecule has 0 aliphatic carbocycles. The second-order valence-corrected chi connectivity index (χ2v) is 3.48. The first-order valence-corrected chi connectivity index (χ1v) is 4.16. The second kappa shape index (κ2) is 3.05. The zero-order chi connectivity index (χ0) is 8.48. The largest absolute Gasteiger partial charge is 0.309 e. The minimum absolute atomic E-state index is 0.557. The summed E-state index contributed by atoms with van der Waals surface area (Å²) in [5.74, 6) is -3.09. The van der Waals surface area contributed by atoms with Crippen LogP contribution in [0.2, 0.25) is 0 Å². The third-order valence-electron chi connectivity index (χ3n) is 2.29. The van der Waals surface area contributed by atoms with E-state index in [1.807, 2.05) is 0 Å². The Balaban J connectivity index is 2.55. The summed E-state index contributed by atoms with van der Waals surface area (Å²) in [6, 6.07) is -0.581. The third kappa shape index (κ3) is 1.70. The molecule has 1 aliphatic heterocycles. The SMILES string of the molecule is CC(C)C(F)(F)[C@@H]1CCCN1. The molecule has 0 radical (unpaired) electrons. The van der Waals surface area contributed by atoms with Crippen molar-refractivity contribution in [3.8, 4) is 0 Å². The first-order valence-electron chi connectivity index (χ1n) is 4.16. The molecular formula is C8H15F2N. The minimum atomic E-state index is -2.53. The second-order valence-electron chi connectivity index (χ2n) is 3.48. The van der Waals surface area contributed by atoms with Gasteiger partial charge in [0.25, 0.3) is 5.92 Å². The molecule has 0 aromatic heterocycles. The molecule has 0 aromatic carbocycles. The maximum Gasteiger partial charge on any atom is 0.265 e. The number of hydrogen-bond acceptors (Lipinski definition) is 1. The molecule has 0 amide bonds. The molecule has 1 nitrogen and oxygen atoms in total. The molecule has 1 aliphatic rings. The van der Waals surface area contributed by atoms with Crippen LogP contribution in [0.15, 0.2) is 0 Å². The van der Waals surface area contributed by atoms with Gasteiger partial charge in [-0.05, 0) is 19.4 Å². The van der Waals surface area contributed by atoms with Crippen molar-refractivity contribution in [2.75, 3.05) is 6.54 Å². The predicted molar refractivity (Wildman–Crippen MR) is 40.8 cm³/mol. The minimum Gasteiger partial charge on any atom is -0.309 e. The van der Waals surface area contributed by atoms with Crippen LogP contribution < -0.4 is 5.32 Å². The zero-order valence-corrected chi connectivity index (χ0v) is 7.03. The molecule has 1 N–H and O–H groups in total. The summed E-state index contributed by atoms with van der Waals surface area (Å²) in [6.45, 7) is 3.88. The Kier molecular flexibility index (Phi) is 2.47. The first kappa shape index (κ1) is 8.91. The molecule has 0 saturated carbocycles. The van der Waals surface area contributed by atoms with Crippen molar-refractivity contribution in [2.45, 2.75) is 38.7 Å². The topological polar surface area (TPSA) is 12.0 Å². The molecule has 1 fully saturated rings. The van der Waals surface area contributed by atoms with Crippen LogP contribution in [0, 0.1) is 5.92 Å². The fourth-order valence-electron chi connectivity index (χ4n) is 1.42. The molecule has 66 valence electrons. The van der Waals surface area contributed by atoms with Crippen LogP contribution >= 0.6 is 0 Å². The first-order chi connectivity index (χ1) is 5.05. The van der Waals surface area contributed by atoms with Crippen molar-refractivity contribution in [1.82, 2.24) is 5.32 Å². The highest BCUT2D eigenvalue weighted by Crippen LogP contribution is 2.31. The summed E-state index contributed by atoms with van der Waals surface area (Å²) < 4.78 is 26.4. The molecule has 1 rings (SSSR count). The highest BCUT2D eigenvalue weighted by Gasteiger charge is 2.43. The van der Waals surface area contributed by atoms with Gasteiger partial charge in [0.05, 0.1) is 6.04 Å². The molecule has 0 bridgehead atoms. The van der Waals surface area contributed by atoms with E-state index in [1.54, 1.807) is 13.8 Å². The van der Waals surface area contributed by atoms with Gasteiger partial charge in [-0.25, -0.2) is 8.78 Å². The molecule has 0 unspecified atom stereocenters. The molecule has 1 heterocycles. The van der Waals surface area contributed by atoms with E-state index < -0.39 is 17.9 Å². The quantitative estimate of drug-likeness (QED) is 0.656. The van der Waals surface area contributed by atoms with Crippen LogP contribution in [0.25, 0.3) is 0 Å². The molecule has 3 heteroatoms. The summed E-state index contributed by atoms with van der Waals surface area (Å²) in [4.78, 5) is 0. The van der Waals surface area contributed by atoms with Gasteiger partial charge in [-0.15, -0.1) is 0 Å². The lowest BCUT2D eigenvalue weighted by molar-refractivity contribution is -0.0729. The fraction of sp³-hybridized carbons (Fsp3) is 1.00. The van der Waals surface area contributed by atoms with Crippen LogP contribution in [0.4, 0.5) is 8.78 Å². The maximum atomic E-state index is 13.2. The van der Waals surface area contributed by atoms with Crippen molar-refractivity contribution >= 4 is 0 Å². The number of alkyl halides is 2. The van der Waals surface area contributed by atoms with E-state index in [4.69, 9.17) is 0 Å². The van der Waals surface area contributed by atoms with Gasteiger partial charge in [0.2, 0.25) is 0 Å². The van der Waals surface area contributed by atoms with Crippen molar-refractivity contribution in [3.05, 3.63) is 0 Å². The number of rotatable bonds is 2. The van der Waals surface area contributed by atoms with Gasteiger partial charge in [0.15, 0.2) is 0 Å². The Morgan fingerprint density at radius 3 is 2.45 bits per heavy atom. The Morgan fingerprint density at radius 1 is 1.45 bits per heavy atom. The summed E-state index contributed by atoms with van der Waals surface area (Å²) >= 11 is 0.